The minimum atomic E-state index is -1.44. The van der Waals surface area contributed by atoms with Gasteiger partial charge in [-0.15, -0.1) is 0 Å². The highest BCUT2D eigenvalue weighted by atomic mass is 16.4. The van der Waals surface area contributed by atoms with Gasteiger partial charge < -0.3 is 21.3 Å². The van der Waals surface area contributed by atoms with Crippen LogP contribution in [-0.2, 0) is 16.0 Å². The van der Waals surface area contributed by atoms with Gasteiger partial charge in [0, 0.05) is 6.04 Å². The first kappa shape index (κ1) is 17.1. The molecule has 6 nitrogen and oxygen atoms in total. The number of rotatable bonds is 8. The normalized spacial score (nSPS) is 15.0. The molecule has 0 radical (unpaired) electrons. The number of hydrogen-bond donors (Lipinski definition) is 4. The fraction of sp³-hybridized carbons (Fsp3) is 0.467. The van der Waals surface area contributed by atoms with Gasteiger partial charge in [-0.3, -0.25) is 4.79 Å². The van der Waals surface area contributed by atoms with E-state index in [9.17, 15) is 14.7 Å². The molecule has 0 bridgehead atoms. The molecule has 3 atom stereocenters. The average Bonchev–Trinajstić information content (AvgIpc) is 2.46. The van der Waals surface area contributed by atoms with Crippen LogP contribution in [0.5, 0.6) is 0 Å². The Labute approximate surface area is 124 Å². The molecule has 0 saturated carbocycles. The summed E-state index contributed by atoms with van der Waals surface area (Å²) in [6, 6.07) is 7.46. The summed E-state index contributed by atoms with van der Waals surface area (Å²) < 4.78 is 0. The number of amides is 1. The number of aliphatic hydroxyl groups excluding tert-OH is 1. The van der Waals surface area contributed by atoms with Crippen molar-refractivity contribution in [2.75, 3.05) is 0 Å². The van der Waals surface area contributed by atoms with E-state index in [1.807, 2.05) is 37.3 Å². The van der Waals surface area contributed by atoms with Crippen molar-refractivity contribution in [1.82, 2.24) is 5.32 Å². The molecule has 0 aliphatic heterocycles. The van der Waals surface area contributed by atoms with Gasteiger partial charge in [0.05, 0.1) is 0 Å². The lowest BCUT2D eigenvalue weighted by Gasteiger charge is -2.21. The minimum absolute atomic E-state index is 0.307. The summed E-state index contributed by atoms with van der Waals surface area (Å²) >= 11 is 0. The number of aliphatic hydroxyl groups is 1. The Morgan fingerprint density at radius 3 is 2.43 bits per heavy atom. The molecule has 0 unspecified atom stereocenters. The Kier molecular flexibility index (Phi) is 6.84. The fourth-order valence-corrected chi connectivity index (χ4v) is 2.00. The molecule has 0 heterocycles. The maximum atomic E-state index is 11.9. The van der Waals surface area contributed by atoms with Gasteiger partial charge in [-0.05, 0) is 18.4 Å². The summed E-state index contributed by atoms with van der Waals surface area (Å²) in [7, 11) is 0. The topological polar surface area (TPSA) is 113 Å². The molecule has 1 aromatic carbocycles. The standard InChI is InChI=1S/C15H22N2O4/c1-2-6-12(15(20)21)17-14(19)13(18)11(16)9-10-7-4-3-5-8-10/h3-5,7-8,11-13,18H,2,6,9,16H2,1H3,(H,17,19)(H,20,21)/t11-,12+,13-/m1/s1. The lowest BCUT2D eigenvalue weighted by Crippen LogP contribution is -2.51. The van der Waals surface area contributed by atoms with Crippen LogP contribution in [0.3, 0.4) is 0 Å². The molecule has 21 heavy (non-hydrogen) atoms. The molecular formula is C15H22N2O4. The van der Waals surface area contributed by atoms with Crippen molar-refractivity contribution in [3.63, 3.8) is 0 Å². The van der Waals surface area contributed by atoms with Crippen LogP contribution in [0.1, 0.15) is 25.3 Å². The van der Waals surface area contributed by atoms with Gasteiger partial charge >= 0.3 is 5.97 Å². The Morgan fingerprint density at radius 1 is 1.29 bits per heavy atom. The summed E-state index contributed by atoms with van der Waals surface area (Å²) in [5, 5.41) is 21.2. The Morgan fingerprint density at radius 2 is 1.90 bits per heavy atom. The van der Waals surface area contributed by atoms with Crippen molar-refractivity contribution in [2.45, 2.75) is 44.4 Å². The first-order valence-corrected chi connectivity index (χ1v) is 6.96. The molecule has 0 aromatic heterocycles. The third kappa shape index (κ3) is 5.53. The fourth-order valence-electron chi connectivity index (χ4n) is 2.00. The van der Waals surface area contributed by atoms with Gasteiger partial charge in [0.15, 0.2) is 0 Å². The number of benzene rings is 1. The third-order valence-corrected chi connectivity index (χ3v) is 3.18. The van der Waals surface area contributed by atoms with Crippen LogP contribution in [-0.4, -0.2) is 40.3 Å². The molecule has 0 fully saturated rings. The van der Waals surface area contributed by atoms with Crippen LogP contribution in [0.15, 0.2) is 30.3 Å². The number of aliphatic carboxylic acids is 1. The van der Waals surface area contributed by atoms with E-state index in [1.54, 1.807) is 0 Å². The first-order valence-electron chi connectivity index (χ1n) is 6.96. The predicted molar refractivity (Wildman–Crippen MR) is 78.6 cm³/mol. The summed E-state index contributed by atoms with van der Waals surface area (Å²) in [4.78, 5) is 22.8. The first-order chi connectivity index (χ1) is 9.95. The van der Waals surface area contributed by atoms with Crippen LogP contribution in [0.2, 0.25) is 0 Å². The third-order valence-electron chi connectivity index (χ3n) is 3.18. The van der Waals surface area contributed by atoms with Crippen molar-refractivity contribution in [3.8, 4) is 0 Å². The number of carboxylic acid groups (broad SMARTS) is 1. The van der Waals surface area contributed by atoms with E-state index in [0.29, 0.717) is 19.3 Å². The van der Waals surface area contributed by atoms with Crippen LogP contribution in [0.25, 0.3) is 0 Å². The number of nitrogens with two attached hydrogens (primary N) is 1. The Bertz CT molecular complexity index is 464. The summed E-state index contributed by atoms with van der Waals surface area (Å²) in [6.45, 7) is 1.82. The molecule has 0 aliphatic carbocycles. The van der Waals surface area contributed by atoms with Crippen LogP contribution >= 0.6 is 0 Å². The molecule has 1 aromatic rings. The van der Waals surface area contributed by atoms with Gasteiger partial charge in [-0.2, -0.15) is 0 Å². The largest absolute Gasteiger partial charge is 0.480 e. The highest BCUT2D eigenvalue weighted by Crippen LogP contribution is 2.06. The van der Waals surface area contributed by atoms with E-state index in [1.165, 1.54) is 0 Å². The highest BCUT2D eigenvalue weighted by Gasteiger charge is 2.27. The van der Waals surface area contributed by atoms with Crippen molar-refractivity contribution in [1.29, 1.82) is 0 Å². The van der Waals surface area contributed by atoms with Crippen LogP contribution in [0, 0.1) is 0 Å². The summed E-state index contributed by atoms with van der Waals surface area (Å²) in [5.74, 6) is -1.87. The second-order valence-electron chi connectivity index (χ2n) is 4.99. The van der Waals surface area contributed by atoms with Crippen molar-refractivity contribution in [3.05, 3.63) is 35.9 Å². The van der Waals surface area contributed by atoms with Gasteiger partial charge in [0.25, 0.3) is 5.91 Å². The number of hydrogen-bond acceptors (Lipinski definition) is 4. The molecule has 0 spiro atoms. The van der Waals surface area contributed by atoms with E-state index in [-0.39, 0.29) is 0 Å². The number of nitrogens with one attached hydrogen (secondary N) is 1. The maximum absolute atomic E-state index is 11.9. The van der Waals surface area contributed by atoms with Crippen LogP contribution < -0.4 is 11.1 Å². The van der Waals surface area contributed by atoms with Gasteiger partial charge in [-0.1, -0.05) is 43.7 Å². The zero-order valence-electron chi connectivity index (χ0n) is 12.0. The molecule has 116 valence electrons. The van der Waals surface area contributed by atoms with E-state index < -0.39 is 30.1 Å². The summed E-state index contributed by atoms with van der Waals surface area (Å²) in [6.07, 6.45) is -0.185. The molecule has 5 N–H and O–H groups in total. The monoisotopic (exact) mass is 294 g/mol. The van der Waals surface area contributed by atoms with Gasteiger partial charge in [0.2, 0.25) is 0 Å². The number of carbonyl (C=O) groups excluding carboxylic acids is 1. The lowest BCUT2D eigenvalue weighted by atomic mass is 10.0. The maximum Gasteiger partial charge on any atom is 0.326 e. The molecule has 6 heteroatoms. The van der Waals surface area contributed by atoms with E-state index in [4.69, 9.17) is 10.8 Å². The van der Waals surface area contributed by atoms with Gasteiger partial charge in [0.1, 0.15) is 12.1 Å². The predicted octanol–water partition coefficient (Wildman–Crippen LogP) is 0.287. The zero-order valence-corrected chi connectivity index (χ0v) is 12.0. The van der Waals surface area contributed by atoms with E-state index in [2.05, 4.69) is 5.32 Å². The quantitative estimate of drug-likeness (QED) is 0.550. The van der Waals surface area contributed by atoms with Crippen molar-refractivity contribution in [2.24, 2.45) is 5.73 Å². The molecule has 1 amide bonds. The van der Waals surface area contributed by atoms with E-state index in [0.717, 1.165) is 5.56 Å². The van der Waals surface area contributed by atoms with Crippen molar-refractivity contribution >= 4 is 11.9 Å². The SMILES string of the molecule is CCC[C@H](NC(=O)[C@H](O)[C@H](N)Cc1ccccc1)C(=O)O. The Hall–Kier alpha value is -1.92. The lowest BCUT2D eigenvalue weighted by molar-refractivity contribution is -0.143. The zero-order chi connectivity index (χ0) is 15.8. The Balaban J connectivity index is 2.58. The average molecular weight is 294 g/mol. The second kappa shape index (κ2) is 8.39. The highest BCUT2D eigenvalue weighted by molar-refractivity contribution is 5.86. The molecular weight excluding hydrogens is 272 g/mol. The van der Waals surface area contributed by atoms with E-state index >= 15 is 0 Å². The minimum Gasteiger partial charge on any atom is -0.480 e. The molecule has 1 rings (SSSR count). The smallest absolute Gasteiger partial charge is 0.326 e. The van der Waals surface area contributed by atoms with Gasteiger partial charge in [-0.25, -0.2) is 4.79 Å². The number of carbonyl (C=O) groups is 2. The summed E-state index contributed by atoms with van der Waals surface area (Å²) in [5.41, 5.74) is 6.72. The molecule has 0 aliphatic rings. The van der Waals surface area contributed by atoms with Crippen molar-refractivity contribution < 1.29 is 19.8 Å². The number of carboxylic acids is 1. The van der Waals surface area contributed by atoms with Crippen LogP contribution in [0.4, 0.5) is 0 Å². The second-order valence-corrected chi connectivity index (χ2v) is 4.99. The molecule has 0 saturated heterocycles.